The van der Waals surface area contributed by atoms with Crippen LogP contribution in [-0.4, -0.2) is 35.8 Å². The molecule has 1 unspecified atom stereocenters. The summed E-state index contributed by atoms with van der Waals surface area (Å²) in [6, 6.07) is 5.04. The molecule has 1 aliphatic heterocycles. The molecule has 1 aromatic carbocycles. The zero-order valence-corrected chi connectivity index (χ0v) is 13.6. The van der Waals surface area contributed by atoms with Gasteiger partial charge in [0.1, 0.15) is 6.04 Å². The van der Waals surface area contributed by atoms with E-state index < -0.39 is 0 Å². The first kappa shape index (κ1) is 14.5. The van der Waals surface area contributed by atoms with Gasteiger partial charge in [0.2, 0.25) is 5.91 Å². The van der Waals surface area contributed by atoms with Crippen LogP contribution in [0.1, 0.15) is 23.7 Å². The first-order chi connectivity index (χ1) is 9.04. The van der Waals surface area contributed by atoms with Gasteiger partial charge in [-0.25, -0.2) is 0 Å². The van der Waals surface area contributed by atoms with Gasteiger partial charge < -0.3 is 10.2 Å². The van der Waals surface area contributed by atoms with Crippen molar-refractivity contribution >= 4 is 43.7 Å². The smallest absolute Gasteiger partial charge is 0.255 e. The number of carbonyl (C=O) groups excluding carboxylic acids is 2. The molecule has 6 heteroatoms. The van der Waals surface area contributed by atoms with Crippen molar-refractivity contribution in [2.45, 2.75) is 19.4 Å². The van der Waals surface area contributed by atoms with Crippen molar-refractivity contribution in [3.05, 3.63) is 32.7 Å². The fourth-order valence-electron chi connectivity index (χ4n) is 2.18. The number of piperazine rings is 1. The van der Waals surface area contributed by atoms with Gasteiger partial charge >= 0.3 is 0 Å². The molecule has 1 N–H and O–H groups in total. The highest BCUT2D eigenvalue weighted by Crippen LogP contribution is 2.24. The minimum absolute atomic E-state index is 0.0738. The molecule has 0 aromatic heterocycles. The van der Waals surface area contributed by atoms with E-state index in [2.05, 4.69) is 37.2 Å². The van der Waals surface area contributed by atoms with E-state index in [0.717, 1.165) is 8.95 Å². The molecule has 1 saturated heterocycles. The summed E-state index contributed by atoms with van der Waals surface area (Å²) in [5, 5.41) is 2.79. The van der Waals surface area contributed by atoms with Gasteiger partial charge in [0.25, 0.3) is 5.91 Å². The number of hydrogen-bond donors (Lipinski definition) is 1. The van der Waals surface area contributed by atoms with Crippen molar-refractivity contribution in [3.63, 3.8) is 0 Å². The van der Waals surface area contributed by atoms with Gasteiger partial charge in [-0.05, 0) is 40.5 Å². The third kappa shape index (κ3) is 3.00. The van der Waals surface area contributed by atoms with Crippen LogP contribution in [0.3, 0.4) is 0 Å². The fraction of sp³-hybridized carbons (Fsp3) is 0.385. The number of hydrogen-bond acceptors (Lipinski definition) is 2. The Kier molecular flexibility index (Phi) is 4.62. The lowest BCUT2D eigenvalue weighted by Gasteiger charge is -2.34. The molecule has 1 aliphatic rings. The highest BCUT2D eigenvalue weighted by molar-refractivity contribution is 9.11. The maximum atomic E-state index is 12.5. The molecular formula is C13H14Br2N2O2. The van der Waals surface area contributed by atoms with E-state index in [0.29, 0.717) is 25.1 Å². The molecule has 0 aliphatic carbocycles. The summed E-state index contributed by atoms with van der Waals surface area (Å²) < 4.78 is 1.63. The third-order valence-corrected chi connectivity index (χ3v) is 4.29. The second kappa shape index (κ2) is 6.05. The fourth-order valence-corrected chi connectivity index (χ4v) is 3.40. The van der Waals surface area contributed by atoms with Gasteiger partial charge in [-0.1, -0.05) is 22.9 Å². The summed E-state index contributed by atoms with van der Waals surface area (Å²) in [5.41, 5.74) is 0.580. The molecule has 0 bridgehead atoms. The number of nitrogens with zero attached hydrogens (tertiary/aromatic N) is 1. The number of carbonyl (C=O) groups is 2. The average Bonchev–Trinajstić information content (AvgIpc) is 2.37. The maximum Gasteiger partial charge on any atom is 0.255 e. The average molecular weight is 390 g/mol. The zero-order valence-electron chi connectivity index (χ0n) is 10.5. The van der Waals surface area contributed by atoms with Gasteiger partial charge in [0.15, 0.2) is 0 Å². The largest absolute Gasteiger partial charge is 0.353 e. The highest BCUT2D eigenvalue weighted by atomic mass is 79.9. The Bertz CT molecular complexity index is 519. The summed E-state index contributed by atoms with van der Waals surface area (Å²) in [7, 11) is 0. The molecule has 2 amide bonds. The monoisotopic (exact) mass is 388 g/mol. The molecule has 4 nitrogen and oxygen atoms in total. The van der Waals surface area contributed by atoms with Crippen molar-refractivity contribution in [1.29, 1.82) is 0 Å². The second-order valence-electron chi connectivity index (χ2n) is 4.34. The van der Waals surface area contributed by atoms with Crippen LogP contribution in [0.15, 0.2) is 27.1 Å². The molecule has 1 heterocycles. The molecule has 0 saturated carbocycles. The first-order valence-electron chi connectivity index (χ1n) is 6.08. The van der Waals surface area contributed by atoms with Crippen LogP contribution in [0.5, 0.6) is 0 Å². The lowest BCUT2D eigenvalue weighted by Crippen LogP contribution is -2.56. The SMILES string of the molecule is CCC1C(=O)NCCN1C(=O)c1ccc(Br)cc1Br. The summed E-state index contributed by atoms with van der Waals surface area (Å²) in [6.07, 6.45) is 0.617. The van der Waals surface area contributed by atoms with E-state index in [1.165, 1.54) is 0 Å². The van der Waals surface area contributed by atoms with Gasteiger partial charge in [-0.2, -0.15) is 0 Å². The number of rotatable bonds is 2. The zero-order chi connectivity index (χ0) is 14.0. The second-order valence-corrected chi connectivity index (χ2v) is 6.11. The number of halogens is 2. The van der Waals surface area contributed by atoms with Crippen molar-refractivity contribution in [2.24, 2.45) is 0 Å². The van der Waals surface area contributed by atoms with E-state index in [-0.39, 0.29) is 17.9 Å². The predicted octanol–water partition coefficient (Wildman–Crippen LogP) is 2.56. The standard InChI is InChI=1S/C13H14Br2N2O2/c1-2-11-12(18)16-5-6-17(11)13(19)9-4-3-8(14)7-10(9)15/h3-4,7,11H,2,5-6H2,1H3,(H,16,18). The van der Waals surface area contributed by atoms with Crippen LogP contribution in [0, 0.1) is 0 Å². The highest BCUT2D eigenvalue weighted by Gasteiger charge is 2.32. The molecule has 0 radical (unpaired) electrons. The Balaban J connectivity index is 2.29. The molecule has 19 heavy (non-hydrogen) atoms. The molecule has 102 valence electrons. The minimum atomic E-state index is -0.378. The van der Waals surface area contributed by atoms with Gasteiger partial charge in [-0.15, -0.1) is 0 Å². The number of benzene rings is 1. The molecule has 1 fully saturated rings. The van der Waals surface area contributed by atoms with Crippen LogP contribution in [0.2, 0.25) is 0 Å². The third-order valence-electron chi connectivity index (χ3n) is 3.14. The van der Waals surface area contributed by atoms with Crippen molar-refractivity contribution in [3.8, 4) is 0 Å². The van der Waals surface area contributed by atoms with Gasteiger partial charge in [-0.3, -0.25) is 9.59 Å². The Morgan fingerprint density at radius 2 is 2.21 bits per heavy atom. The van der Waals surface area contributed by atoms with E-state index in [4.69, 9.17) is 0 Å². The Morgan fingerprint density at radius 3 is 2.84 bits per heavy atom. The predicted molar refractivity (Wildman–Crippen MR) is 80.0 cm³/mol. The van der Waals surface area contributed by atoms with E-state index >= 15 is 0 Å². The van der Waals surface area contributed by atoms with Crippen LogP contribution >= 0.6 is 31.9 Å². The molecule has 1 atom stereocenters. The Hall–Kier alpha value is -0.880. The lowest BCUT2D eigenvalue weighted by molar-refractivity contribution is -0.127. The molecule has 1 aromatic rings. The van der Waals surface area contributed by atoms with Crippen LogP contribution in [-0.2, 0) is 4.79 Å². The first-order valence-corrected chi connectivity index (χ1v) is 7.67. The van der Waals surface area contributed by atoms with Crippen molar-refractivity contribution in [1.82, 2.24) is 10.2 Å². The summed E-state index contributed by atoms with van der Waals surface area (Å²) in [6.45, 7) is 2.97. The maximum absolute atomic E-state index is 12.5. The molecule has 0 spiro atoms. The summed E-state index contributed by atoms with van der Waals surface area (Å²) in [5.74, 6) is -0.184. The number of amides is 2. The topological polar surface area (TPSA) is 49.4 Å². The Morgan fingerprint density at radius 1 is 1.47 bits per heavy atom. The summed E-state index contributed by atoms with van der Waals surface area (Å²) in [4.78, 5) is 26.0. The van der Waals surface area contributed by atoms with Gasteiger partial charge in [0, 0.05) is 22.0 Å². The van der Waals surface area contributed by atoms with Crippen molar-refractivity contribution < 1.29 is 9.59 Å². The molecule has 2 rings (SSSR count). The van der Waals surface area contributed by atoms with E-state index in [1.807, 2.05) is 19.1 Å². The van der Waals surface area contributed by atoms with Crippen LogP contribution in [0.25, 0.3) is 0 Å². The van der Waals surface area contributed by atoms with Gasteiger partial charge in [0.05, 0.1) is 5.56 Å². The Labute approximate surface area is 128 Å². The normalized spacial score (nSPS) is 19.2. The van der Waals surface area contributed by atoms with E-state index in [1.54, 1.807) is 11.0 Å². The summed E-state index contributed by atoms with van der Waals surface area (Å²) >= 11 is 6.75. The van der Waals surface area contributed by atoms with Crippen LogP contribution in [0.4, 0.5) is 0 Å². The molecular weight excluding hydrogens is 376 g/mol. The lowest BCUT2D eigenvalue weighted by atomic mass is 10.1. The van der Waals surface area contributed by atoms with Crippen LogP contribution < -0.4 is 5.32 Å². The minimum Gasteiger partial charge on any atom is -0.353 e. The number of nitrogens with one attached hydrogen (secondary N) is 1. The van der Waals surface area contributed by atoms with E-state index in [9.17, 15) is 9.59 Å². The quantitative estimate of drug-likeness (QED) is 0.844. The van der Waals surface area contributed by atoms with Crippen molar-refractivity contribution in [2.75, 3.05) is 13.1 Å².